The van der Waals surface area contributed by atoms with Crippen LogP contribution >= 0.6 is 0 Å². The average Bonchev–Trinajstić information content (AvgIpc) is 3.23. The molecule has 0 unspecified atom stereocenters. The Bertz CT molecular complexity index is 2320. The van der Waals surface area contributed by atoms with E-state index in [0.29, 0.717) is 12.7 Å². The summed E-state index contributed by atoms with van der Waals surface area (Å²) in [6, 6.07) is 15.3. The summed E-state index contributed by atoms with van der Waals surface area (Å²) < 4.78 is 83.5. The van der Waals surface area contributed by atoms with E-state index >= 15 is 0 Å². The van der Waals surface area contributed by atoms with E-state index in [9.17, 15) is 41.2 Å². The van der Waals surface area contributed by atoms with Crippen LogP contribution in [-0.4, -0.2) is 64.0 Å². The summed E-state index contributed by atoms with van der Waals surface area (Å²) in [6.07, 6.45) is 19.7. The molecule has 4 rings (SSSR count). The largest absolute Gasteiger partial charge is 1.00 e. The summed E-state index contributed by atoms with van der Waals surface area (Å²) in [6.45, 7) is 2.58. The zero-order valence-corrected chi connectivity index (χ0v) is 42.8. The number of carbonyl (C=O) groups is 2. The van der Waals surface area contributed by atoms with Crippen LogP contribution in [0.4, 0.5) is 0 Å². The van der Waals surface area contributed by atoms with Gasteiger partial charge in [0.15, 0.2) is 11.5 Å². The minimum absolute atomic E-state index is 0. The second kappa shape index (κ2) is 28.0. The summed E-state index contributed by atoms with van der Waals surface area (Å²) in [5.41, 5.74) is -1.28. The fourth-order valence-corrected chi connectivity index (χ4v) is 8.70. The number of benzene rings is 4. The first-order valence-corrected chi connectivity index (χ1v) is 23.7. The van der Waals surface area contributed by atoms with Crippen molar-refractivity contribution in [2.75, 3.05) is 20.8 Å². The van der Waals surface area contributed by atoms with Crippen molar-refractivity contribution in [1.29, 1.82) is 0 Å². The van der Waals surface area contributed by atoms with Crippen LogP contribution in [-0.2, 0) is 20.2 Å². The van der Waals surface area contributed by atoms with Gasteiger partial charge in [-0.15, -0.1) is 0 Å². The van der Waals surface area contributed by atoms with E-state index < -0.39 is 75.7 Å². The van der Waals surface area contributed by atoms with Gasteiger partial charge in [-0.3, -0.25) is 14.1 Å². The van der Waals surface area contributed by atoms with Gasteiger partial charge < -0.3 is 31.5 Å². The molecule has 0 heterocycles. The van der Waals surface area contributed by atoms with Crippen molar-refractivity contribution >= 4 is 31.8 Å². The number of carbonyl (C=O) groups excluding carboxylic acids is 2. The summed E-state index contributed by atoms with van der Waals surface area (Å²) in [5, 5.41) is 21.4. The van der Waals surface area contributed by atoms with Gasteiger partial charge in [0, 0.05) is 23.8 Å². The van der Waals surface area contributed by atoms with E-state index in [1.165, 1.54) is 89.2 Å². The molecular formula is C46H60Na2O13S2. The first kappa shape index (κ1) is 56.0. The van der Waals surface area contributed by atoms with Crippen LogP contribution in [0.5, 0.6) is 34.5 Å². The molecule has 0 saturated carbocycles. The van der Waals surface area contributed by atoms with Crippen molar-refractivity contribution in [2.24, 2.45) is 0 Å². The molecule has 0 saturated heterocycles. The van der Waals surface area contributed by atoms with E-state index in [1.54, 1.807) is 36.4 Å². The van der Waals surface area contributed by atoms with E-state index in [4.69, 9.17) is 18.4 Å². The molecule has 0 amide bonds. The minimum Gasteiger partial charge on any atom is -1.00 e. The van der Waals surface area contributed by atoms with Crippen LogP contribution in [0, 0.1) is 0 Å². The zero-order chi connectivity index (χ0) is 44.4. The first-order valence-electron chi connectivity index (χ1n) is 20.9. The number of methoxy groups -OCH3 is 2. The topological polar surface area (TPSA) is 200 Å². The molecule has 4 aromatic rings. The van der Waals surface area contributed by atoms with Gasteiger partial charge in [0.2, 0.25) is 5.78 Å². The Hall–Kier alpha value is -3.12. The standard InChI is InChI=1S/C46H58O13S2.2Na.2H/c1-4-5-6-7-8-9-10-11-12-13-14-15-16-17-18-22-27-58-34-25-26-35(45(49)33-23-20-19-21-24-33)40(28-34)59-61(54,55)44-30-37(39(48)32-42(44)57-3)46(50)36-29-43(60(51,52)53)41(56-2)31-38(36)47;;;;/h19-21,23-26,28-32,47-48H,4-18,22,27H2,1-3H3,(H,51,52,53);;;;/q;2*+1;2*-1. The van der Waals surface area contributed by atoms with Crippen LogP contribution in [0.25, 0.3) is 0 Å². The van der Waals surface area contributed by atoms with Crippen molar-refractivity contribution in [3.05, 3.63) is 95.1 Å². The first-order chi connectivity index (χ1) is 29.2. The molecule has 0 bridgehead atoms. The molecule has 0 aromatic heterocycles. The molecular weight excluding hydrogens is 871 g/mol. The van der Waals surface area contributed by atoms with E-state index in [1.807, 2.05) is 0 Å². The Morgan fingerprint density at radius 2 is 1.02 bits per heavy atom. The third kappa shape index (κ3) is 17.0. The number of hydrogen-bond donors (Lipinski definition) is 3. The fourth-order valence-electron chi connectivity index (χ4n) is 6.92. The number of phenolic OH excluding ortho intramolecular Hbond substituents is 2. The van der Waals surface area contributed by atoms with Gasteiger partial charge in [-0.2, -0.15) is 16.8 Å². The molecule has 0 fully saturated rings. The van der Waals surface area contributed by atoms with Crippen LogP contribution in [0.2, 0.25) is 0 Å². The smallest absolute Gasteiger partial charge is 1.00 e. The molecule has 0 aliphatic carbocycles. The fraction of sp³-hybridized carbons (Fsp3) is 0.435. The predicted octanol–water partition coefficient (Wildman–Crippen LogP) is 4.46. The summed E-state index contributed by atoms with van der Waals surface area (Å²) in [7, 11) is -7.77. The molecule has 63 heavy (non-hydrogen) atoms. The molecule has 0 aliphatic heterocycles. The summed E-state index contributed by atoms with van der Waals surface area (Å²) in [4.78, 5) is 25.7. The monoisotopic (exact) mass is 930 g/mol. The van der Waals surface area contributed by atoms with Gasteiger partial charge in [0.05, 0.1) is 37.5 Å². The molecule has 0 aliphatic rings. The molecule has 4 aromatic carbocycles. The number of aromatic hydroxyl groups is 2. The normalized spacial score (nSPS) is 11.2. The Morgan fingerprint density at radius 3 is 1.49 bits per heavy atom. The Labute approximate surface area is 419 Å². The van der Waals surface area contributed by atoms with Crippen molar-refractivity contribution < 1.29 is 122 Å². The van der Waals surface area contributed by atoms with Crippen molar-refractivity contribution in [3.8, 4) is 34.5 Å². The van der Waals surface area contributed by atoms with Crippen LogP contribution in [0.15, 0.2) is 82.6 Å². The summed E-state index contributed by atoms with van der Waals surface area (Å²) >= 11 is 0. The van der Waals surface area contributed by atoms with Gasteiger partial charge in [0.1, 0.15) is 38.5 Å². The number of ketones is 2. The third-order valence-electron chi connectivity index (χ3n) is 10.3. The molecule has 0 radical (unpaired) electrons. The Kier molecular flexibility index (Phi) is 24.9. The van der Waals surface area contributed by atoms with Gasteiger partial charge in [-0.1, -0.05) is 134 Å². The number of ether oxygens (including phenoxy) is 3. The molecule has 17 heteroatoms. The van der Waals surface area contributed by atoms with Crippen LogP contribution < -0.4 is 77.5 Å². The maximum absolute atomic E-state index is 14.1. The second-order valence-electron chi connectivity index (χ2n) is 14.9. The van der Waals surface area contributed by atoms with E-state index in [-0.39, 0.29) is 84.6 Å². The molecule has 13 nitrogen and oxygen atoms in total. The minimum atomic E-state index is -4.99. The van der Waals surface area contributed by atoms with Gasteiger partial charge in [-0.05, 0) is 30.7 Å². The Morgan fingerprint density at radius 1 is 0.556 bits per heavy atom. The quantitative estimate of drug-likeness (QED) is 0.0237. The van der Waals surface area contributed by atoms with Gasteiger partial charge >= 0.3 is 69.2 Å². The number of rotatable bonds is 28. The summed E-state index contributed by atoms with van der Waals surface area (Å²) in [5.74, 6) is -4.44. The molecule has 3 N–H and O–H groups in total. The predicted molar refractivity (Wildman–Crippen MR) is 234 cm³/mol. The van der Waals surface area contributed by atoms with E-state index in [2.05, 4.69) is 6.92 Å². The number of unbranched alkanes of at least 4 members (excludes halogenated alkanes) is 15. The third-order valence-corrected chi connectivity index (χ3v) is 12.4. The molecule has 0 atom stereocenters. The van der Waals surface area contributed by atoms with Gasteiger partial charge in [0.25, 0.3) is 10.1 Å². The number of hydrogen-bond acceptors (Lipinski definition) is 12. The van der Waals surface area contributed by atoms with Crippen molar-refractivity contribution in [2.45, 2.75) is 119 Å². The second-order valence-corrected chi connectivity index (χ2v) is 17.8. The zero-order valence-electron chi connectivity index (χ0n) is 39.2. The van der Waals surface area contributed by atoms with E-state index in [0.717, 1.165) is 58.1 Å². The maximum atomic E-state index is 14.1. The van der Waals surface area contributed by atoms with Gasteiger partial charge in [-0.25, -0.2) is 0 Å². The molecule has 336 valence electrons. The van der Waals surface area contributed by atoms with Crippen LogP contribution in [0.3, 0.4) is 0 Å². The SMILES string of the molecule is CCCCCCCCCCCCCCCCCCOc1ccc(C(=O)c2ccccc2)c(OS(=O)(=O)c2cc(C(=O)c3cc(S(=O)(=O)O)c(OC)cc3O)c(O)cc2OC)c1.[H-].[H-].[Na+].[Na+]. The van der Waals surface area contributed by atoms with Crippen molar-refractivity contribution in [3.63, 3.8) is 0 Å². The van der Waals surface area contributed by atoms with Crippen LogP contribution in [0.1, 0.15) is 144 Å². The Balaban J connectivity index is 0.0000102. The molecule has 0 spiro atoms. The maximum Gasteiger partial charge on any atom is 1.00 e. The van der Waals surface area contributed by atoms with Crippen molar-refractivity contribution in [1.82, 2.24) is 0 Å². The number of phenols is 2. The average molecular weight is 931 g/mol.